The quantitative estimate of drug-likeness (QED) is 0.700. The zero-order chi connectivity index (χ0) is 20.5. The summed E-state index contributed by atoms with van der Waals surface area (Å²) in [6.07, 6.45) is 5.38. The van der Waals surface area contributed by atoms with Crippen LogP contribution in [0.4, 0.5) is 5.82 Å². The van der Waals surface area contributed by atoms with E-state index in [2.05, 4.69) is 15.2 Å². The number of halogens is 1. The number of nitrogens with one attached hydrogen (secondary N) is 1. The molecule has 30 heavy (non-hydrogen) atoms. The number of piperidine rings is 1. The van der Waals surface area contributed by atoms with E-state index in [1.54, 1.807) is 6.20 Å². The van der Waals surface area contributed by atoms with Gasteiger partial charge in [-0.3, -0.25) is 9.78 Å². The van der Waals surface area contributed by atoms with Gasteiger partial charge in [0.25, 0.3) is 0 Å². The van der Waals surface area contributed by atoms with Crippen molar-refractivity contribution in [2.24, 2.45) is 5.92 Å². The summed E-state index contributed by atoms with van der Waals surface area (Å²) >= 11 is 6.05. The molecule has 2 aliphatic rings. The Morgan fingerprint density at radius 3 is 2.50 bits per heavy atom. The van der Waals surface area contributed by atoms with E-state index in [-0.39, 0.29) is 5.92 Å². The molecule has 0 radical (unpaired) electrons. The number of pyridine rings is 1. The Kier molecular flexibility index (Phi) is 5.31. The highest BCUT2D eigenvalue weighted by Gasteiger charge is 2.30. The summed E-state index contributed by atoms with van der Waals surface area (Å²) < 4.78 is 1.92. The minimum absolute atomic E-state index is 0.116. The highest BCUT2D eigenvalue weighted by Crippen LogP contribution is 2.31. The molecule has 1 aromatic carbocycles. The van der Waals surface area contributed by atoms with E-state index in [1.807, 2.05) is 46.1 Å². The molecule has 0 bridgehead atoms. The minimum atomic E-state index is 0.116. The van der Waals surface area contributed by atoms with E-state index in [1.165, 1.54) is 0 Å². The second-order valence-electron chi connectivity index (χ2n) is 7.94. The molecule has 7 nitrogen and oxygen atoms in total. The summed E-state index contributed by atoms with van der Waals surface area (Å²) in [5.41, 5.74) is 1.92. The Hall–Kier alpha value is -2.64. The van der Waals surface area contributed by atoms with Gasteiger partial charge in [0.05, 0.1) is 17.4 Å². The first-order valence-corrected chi connectivity index (χ1v) is 10.9. The molecule has 0 unspecified atom stereocenters. The first kappa shape index (κ1) is 19.3. The SMILES string of the molecule is O=C(C1CCN(c2nn(-c3ccc(Cl)cc3)c3cnccc23)CC1)N1CCNCC1. The average Bonchev–Trinajstić information content (AvgIpc) is 3.20. The van der Waals surface area contributed by atoms with E-state index in [4.69, 9.17) is 16.7 Å². The fraction of sp³-hybridized carbons (Fsp3) is 0.409. The van der Waals surface area contributed by atoms with Gasteiger partial charge in [0, 0.05) is 61.8 Å². The highest BCUT2D eigenvalue weighted by molar-refractivity contribution is 6.30. The second-order valence-corrected chi connectivity index (χ2v) is 8.38. The molecule has 1 N–H and O–H groups in total. The van der Waals surface area contributed by atoms with E-state index < -0.39 is 0 Å². The monoisotopic (exact) mass is 424 g/mol. The number of fused-ring (bicyclic) bond motifs is 1. The maximum Gasteiger partial charge on any atom is 0.225 e. The first-order valence-electron chi connectivity index (χ1n) is 10.5. The number of benzene rings is 1. The number of anilines is 1. The summed E-state index contributed by atoms with van der Waals surface area (Å²) in [6.45, 7) is 5.10. The number of piperazine rings is 1. The molecule has 0 aliphatic carbocycles. The van der Waals surface area contributed by atoms with Gasteiger partial charge >= 0.3 is 0 Å². The number of carbonyl (C=O) groups excluding carboxylic acids is 1. The maximum atomic E-state index is 12.9. The zero-order valence-electron chi connectivity index (χ0n) is 16.8. The number of amides is 1. The predicted molar refractivity (Wildman–Crippen MR) is 118 cm³/mol. The Morgan fingerprint density at radius 2 is 1.77 bits per heavy atom. The van der Waals surface area contributed by atoms with Crippen molar-refractivity contribution in [1.29, 1.82) is 0 Å². The molecule has 1 amide bonds. The highest BCUT2D eigenvalue weighted by atomic mass is 35.5. The lowest BCUT2D eigenvalue weighted by molar-refractivity contribution is -0.136. The molecular weight excluding hydrogens is 400 g/mol. The Balaban J connectivity index is 1.37. The van der Waals surface area contributed by atoms with Crippen LogP contribution in [0.25, 0.3) is 16.6 Å². The van der Waals surface area contributed by atoms with E-state index >= 15 is 0 Å². The van der Waals surface area contributed by atoms with E-state index in [0.29, 0.717) is 10.9 Å². The molecular formula is C22H25ClN6O. The average molecular weight is 425 g/mol. The van der Waals surface area contributed by atoms with Crippen molar-refractivity contribution >= 4 is 34.2 Å². The lowest BCUT2D eigenvalue weighted by Crippen LogP contribution is -2.50. The van der Waals surface area contributed by atoms with Gasteiger partial charge in [0.2, 0.25) is 5.91 Å². The third kappa shape index (κ3) is 3.63. The Morgan fingerprint density at radius 1 is 1.03 bits per heavy atom. The van der Waals surface area contributed by atoms with Crippen LogP contribution in [0.3, 0.4) is 0 Å². The van der Waals surface area contributed by atoms with Gasteiger partial charge < -0.3 is 15.1 Å². The van der Waals surface area contributed by atoms with Gasteiger partial charge in [-0.25, -0.2) is 4.68 Å². The number of hydrogen-bond acceptors (Lipinski definition) is 5. The molecule has 5 rings (SSSR count). The molecule has 8 heteroatoms. The summed E-state index contributed by atoms with van der Waals surface area (Å²) in [6, 6.07) is 9.68. The van der Waals surface area contributed by atoms with E-state index in [0.717, 1.165) is 74.5 Å². The van der Waals surface area contributed by atoms with E-state index in [9.17, 15) is 4.79 Å². The number of aromatic nitrogens is 3. The molecule has 2 aliphatic heterocycles. The van der Waals surface area contributed by atoms with Crippen molar-refractivity contribution in [3.8, 4) is 5.69 Å². The second kappa shape index (κ2) is 8.24. The van der Waals surface area contributed by atoms with Crippen molar-refractivity contribution in [3.63, 3.8) is 0 Å². The van der Waals surface area contributed by atoms with Crippen LogP contribution >= 0.6 is 11.6 Å². The van der Waals surface area contributed by atoms with Gasteiger partial charge in [-0.2, -0.15) is 0 Å². The van der Waals surface area contributed by atoms with Crippen molar-refractivity contribution in [2.45, 2.75) is 12.8 Å². The van der Waals surface area contributed by atoms with Crippen LogP contribution in [0, 0.1) is 5.92 Å². The molecule has 4 heterocycles. The molecule has 0 saturated carbocycles. The number of nitrogens with zero attached hydrogens (tertiary/aromatic N) is 5. The fourth-order valence-electron chi connectivity index (χ4n) is 4.44. The van der Waals surface area contributed by atoms with Crippen molar-refractivity contribution in [2.75, 3.05) is 44.2 Å². The van der Waals surface area contributed by atoms with Crippen molar-refractivity contribution in [3.05, 3.63) is 47.7 Å². The van der Waals surface area contributed by atoms with Gasteiger partial charge in [-0.15, -0.1) is 5.10 Å². The van der Waals surface area contributed by atoms with Crippen LogP contribution in [0.1, 0.15) is 12.8 Å². The zero-order valence-corrected chi connectivity index (χ0v) is 17.6. The van der Waals surface area contributed by atoms with Crippen LogP contribution in [0.2, 0.25) is 5.02 Å². The molecule has 2 aromatic heterocycles. The van der Waals surface area contributed by atoms with Gasteiger partial charge in [0.1, 0.15) is 0 Å². The standard InChI is InChI=1S/C22H25ClN6O/c23-17-1-3-18(4-2-17)29-20-15-25-8-5-19(20)21(26-29)27-11-6-16(7-12-27)22(30)28-13-9-24-10-14-28/h1-5,8,15-16,24H,6-7,9-14H2. The number of hydrogen-bond donors (Lipinski definition) is 1. The smallest absolute Gasteiger partial charge is 0.225 e. The third-order valence-corrected chi connectivity index (χ3v) is 6.36. The van der Waals surface area contributed by atoms with Crippen LogP contribution in [0.15, 0.2) is 42.7 Å². The molecule has 0 spiro atoms. The summed E-state index contributed by atoms with van der Waals surface area (Å²) in [7, 11) is 0. The molecule has 3 aromatic rings. The topological polar surface area (TPSA) is 66.3 Å². The summed E-state index contributed by atoms with van der Waals surface area (Å²) in [5.74, 6) is 1.39. The molecule has 2 saturated heterocycles. The lowest BCUT2D eigenvalue weighted by Gasteiger charge is -2.36. The predicted octanol–water partition coefficient (Wildman–Crippen LogP) is 2.72. The van der Waals surface area contributed by atoms with Gasteiger partial charge in [-0.1, -0.05) is 11.6 Å². The number of rotatable bonds is 3. The lowest BCUT2D eigenvalue weighted by atomic mass is 9.95. The van der Waals surface area contributed by atoms with Crippen LogP contribution in [-0.4, -0.2) is 64.8 Å². The molecule has 156 valence electrons. The maximum absolute atomic E-state index is 12.9. The van der Waals surface area contributed by atoms with Crippen LogP contribution in [0.5, 0.6) is 0 Å². The molecule has 0 atom stereocenters. The number of carbonyl (C=O) groups is 1. The summed E-state index contributed by atoms with van der Waals surface area (Å²) in [4.78, 5) is 21.5. The van der Waals surface area contributed by atoms with Gasteiger partial charge in [-0.05, 0) is 43.2 Å². The van der Waals surface area contributed by atoms with Crippen LogP contribution in [-0.2, 0) is 4.79 Å². The first-order chi connectivity index (χ1) is 14.7. The third-order valence-electron chi connectivity index (χ3n) is 6.11. The summed E-state index contributed by atoms with van der Waals surface area (Å²) in [5, 5.41) is 10.0. The normalized spacial score (nSPS) is 18.2. The largest absolute Gasteiger partial charge is 0.355 e. The van der Waals surface area contributed by atoms with Crippen molar-refractivity contribution in [1.82, 2.24) is 25.0 Å². The van der Waals surface area contributed by atoms with Crippen LogP contribution < -0.4 is 10.2 Å². The fourth-order valence-corrected chi connectivity index (χ4v) is 4.57. The van der Waals surface area contributed by atoms with Crippen molar-refractivity contribution < 1.29 is 4.79 Å². The minimum Gasteiger partial charge on any atom is -0.355 e. The molecule has 2 fully saturated rings. The Bertz CT molecular complexity index is 1040. The van der Waals surface area contributed by atoms with Gasteiger partial charge in [0.15, 0.2) is 5.82 Å². The Labute approximate surface area is 180 Å².